The van der Waals surface area contributed by atoms with Gasteiger partial charge in [-0.15, -0.1) is 11.3 Å². The number of halogens is 1. The Kier molecular flexibility index (Phi) is 3.90. The molecule has 0 saturated carbocycles. The van der Waals surface area contributed by atoms with Gasteiger partial charge in [-0.05, 0) is 47.8 Å². The molecular weight excluding hydrogens is 302 g/mol. The van der Waals surface area contributed by atoms with Crippen LogP contribution in [-0.2, 0) is 4.79 Å². The lowest BCUT2D eigenvalue weighted by molar-refractivity contribution is -0.144. The van der Waals surface area contributed by atoms with Gasteiger partial charge in [0, 0.05) is 20.8 Å². The largest absolute Gasteiger partial charge is 0.480 e. The molecule has 1 aliphatic rings. The molecule has 3 unspecified atom stereocenters. The molecule has 1 aromatic rings. The van der Waals surface area contributed by atoms with Crippen LogP contribution >= 0.6 is 27.3 Å². The summed E-state index contributed by atoms with van der Waals surface area (Å²) in [5.74, 6) is -0.462. The zero-order valence-electron chi connectivity index (χ0n) is 9.89. The van der Waals surface area contributed by atoms with Crippen molar-refractivity contribution in [3.05, 3.63) is 20.8 Å². The van der Waals surface area contributed by atoms with E-state index >= 15 is 0 Å². The fraction of sp³-hybridized carbons (Fsp3) is 0.583. The third kappa shape index (κ3) is 2.56. The van der Waals surface area contributed by atoms with Crippen molar-refractivity contribution in [2.24, 2.45) is 5.92 Å². The highest BCUT2D eigenvalue weighted by Gasteiger charge is 2.39. The molecule has 5 heteroatoms. The van der Waals surface area contributed by atoms with Gasteiger partial charge in [-0.3, -0.25) is 9.69 Å². The van der Waals surface area contributed by atoms with Crippen LogP contribution in [0.5, 0.6) is 0 Å². The Hall–Kier alpha value is -0.390. The number of rotatable bonds is 3. The predicted molar refractivity (Wildman–Crippen MR) is 72.3 cm³/mol. The molecule has 0 bridgehead atoms. The van der Waals surface area contributed by atoms with Gasteiger partial charge in [0.25, 0.3) is 0 Å². The molecule has 3 atom stereocenters. The number of aliphatic carboxylic acids is 1. The van der Waals surface area contributed by atoms with Crippen LogP contribution in [0.4, 0.5) is 0 Å². The van der Waals surface area contributed by atoms with E-state index in [9.17, 15) is 9.90 Å². The number of carbonyl (C=O) groups is 1. The molecule has 0 aliphatic carbocycles. The third-order valence-electron chi connectivity index (χ3n) is 3.49. The van der Waals surface area contributed by atoms with Crippen LogP contribution in [0.25, 0.3) is 0 Å². The highest BCUT2D eigenvalue weighted by Crippen LogP contribution is 2.35. The Labute approximate surface area is 114 Å². The number of carboxylic acid groups (broad SMARTS) is 1. The van der Waals surface area contributed by atoms with Gasteiger partial charge in [0.05, 0.1) is 0 Å². The van der Waals surface area contributed by atoms with Crippen LogP contribution in [0, 0.1) is 5.92 Å². The smallest absolute Gasteiger partial charge is 0.321 e. The summed E-state index contributed by atoms with van der Waals surface area (Å²) in [6.45, 7) is 4.98. The molecular formula is C12H16BrNO2S. The van der Waals surface area contributed by atoms with Gasteiger partial charge < -0.3 is 5.11 Å². The number of nitrogens with zero attached hydrogens (tertiary/aromatic N) is 1. The number of thiophene rings is 1. The van der Waals surface area contributed by atoms with Gasteiger partial charge in [0.1, 0.15) is 6.04 Å². The molecule has 94 valence electrons. The third-order valence-corrected chi connectivity index (χ3v) is 5.35. The zero-order valence-corrected chi connectivity index (χ0v) is 12.3. The van der Waals surface area contributed by atoms with Crippen molar-refractivity contribution < 1.29 is 9.90 Å². The van der Waals surface area contributed by atoms with Crippen LogP contribution in [-0.4, -0.2) is 28.6 Å². The quantitative estimate of drug-likeness (QED) is 0.929. The van der Waals surface area contributed by atoms with Crippen molar-refractivity contribution in [2.75, 3.05) is 6.54 Å². The average molecular weight is 318 g/mol. The molecule has 1 N–H and O–H groups in total. The van der Waals surface area contributed by atoms with Crippen LogP contribution < -0.4 is 0 Å². The first-order valence-corrected chi connectivity index (χ1v) is 7.40. The Morgan fingerprint density at radius 2 is 2.41 bits per heavy atom. The van der Waals surface area contributed by atoms with E-state index in [4.69, 9.17) is 0 Å². The summed E-state index contributed by atoms with van der Waals surface area (Å²) in [5, 5.41) is 11.4. The molecule has 17 heavy (non-hydrogen) atoms. The lowest BCUT2D eigenvalue weighted by Crippen LogP contribution is -2.40. The second-order valence-corrected chi connectivity index (χ2v) is 6.49. The molecule has 0 aromatic carbocycles. The van der Waals surface area contributed by atoms with Crippen LogP contribution in [0.3, 0.4) is 0 Å². The summed E-state index contributed by atoms with van der Waals surface area (Å²) in [6, 6.07) is 1.92. The van der Waals surface area contributed by atoms with Gasteiger partial charge >= 0.3 is 5.97 Å². The summed E-state index contributed by atoms with van der Waals surface area (Å²) in [6.07, 6.45) is 0.966. The number of hydrogen-bond acceptors (Lipinski definition) is 3. The maximum Gasteiger partial charge on any atom is 0.321 e. The van der Waals surface area contributed by atoms with Crippen LogP contribution in [0.15, 0.2) is 15.9 Å². The van der Waals surface area contributed by atoms with Gasteiger partial charge in [-0.25, -0.2) is 0 Å². The maximum atomic E-state index is 11.3. The van der Waals surface area contributed by atoms with E-state index in [2.05, 4.69) is 33.8 Å². The Balaban J connectivity index is 2.19. The van der Waals surface area contributed by atoms with Crippen molar-refractivity contribution in [3.8, 4) is 0 Å². The van der Waals surface area contributed by atoms with E-state index in [1.54, 1.807) is 11.3 Å². The van der Waals surface area contributed by atoms with Crippen LogP contribution in [0.1, 0.15) is 31.2 Å². The van der Waals surface area contributed by atoms with Crippen molar-refractivity contribution in [1.29, 1.82) is 0 Å². The SMILES string of the molecule is CC1CCN(C(C)c2cc(Br)cs2)C1C(=O)O. The highest BCUT2D eigenvalue weighted by atomic mass is 79.9. The van der Waals surface area contributed by atoms with Gasteiger partial charge in [0.15, 0.2) is 0 Å². The Morgan fingerprint density at radius 3 is 2.94 bits per heavy atom. The molecule has 0 amide bonds. The molecule has 2 rings (SSSR count). The monoisotopic (exact) mass is 317 g/mol. The van der Waals surface area contributed by atoms with E-state index in [1.807, 2.05) is 12.3 Å². The highest BCUT2D eigenvalue weighted by molar-refractivity contribution is 9.10. The standard InChI is InChI=1S/C12H16BrNO2S/c1-7-3-4-14(11(7)12(15)16)8(2)10-5-9(13)6-17-10/h5-8,11H,3-4H2,1-2H3,(H,15,16). The zero-order chi connectivity index (χ0) is 12.6. The molecule has 1 aromatic heterocycles. The number of hydrogen-bond donors (Lipinski definition) is 1. The second kappa shape index (κ2) is 5.08. The van der Waals surface area contributed by atoms with Crippen molar-refractivity contribution in [1.82, 2.24) is 4.90 Å². The topological polar surface area (TPSA) is 40.5 Å². The Bertz CT molecular complexity index is 420. The molecule has 0 spiro atoms. The van der Waals surface area contributed by atoms with E-state index in [-0.39, 0.29) is 18.0 Å². The summed E-state index contributed by atoms with van der Waals surface area (Å²) in [4.78, 5) is 14.6. The molecule has 1 fully saturated rings. The number of carboxylic acids is 1. The lowest BCUT2D eigenvalue weighted by atomic mass is 10.0. The second-order valence-electron chi connectivity index (χ2n) is 4.63. The minimum atomic E-state index is -0.697. The molecule has 2 heterocycles. The van der Waals surface area contributed by atoms with E-state index in [1.165, 1.54) is 4.88 Å². The molecule has 3 nitrogen and oxygen atoms in total. The first-order chi connectivity index (χ1) is 8.00. The summed E-state index contributed by atoms with van der Waals surface area (Å²) >= 11 is 5.12. The lowest BCUT2D eigenvalue weighted by Gasteiger charge is -2.28. The summed E-state index contributed by atoms with van der Waals surface area (Å²) < 4.78 is 1.07. The van der Waals surface area contributed by atoms with Gasteiger partial charge in [-0.1, -0.05) is 6.92 Å². The first-order valence-electron chi connectivity index (χ1n) is 5.73. The van der Waals surface area contributed by atoms with Crippen molar-refractivity contribution in [2.45, 2.75) is 32.4 Å². The first kappa shape index (κ1) is 13.1. The predicted octanol–water partition coefficient (Wildman–Crippen LogP) is 3.37. The fourth-order valence-electron chi connectivity index (χ4n) is 2.51. The Morgan fingerprint density at radius 1 is 1.71 bits per heavy atom. The minimum absolute atomic E-state index is 0.178. The van der Waals surface area contributed by atoms with Gasteiger partial charge in [0.2, 0.25) is 0 Å². The van der Waals surface area contributed by atoms with E-state index < -0.39 is 5.97 Å². The molecule has 0 radical (unpaired) electrons. The van der Waals surface area contributed by atoms with Crippen molar-refractivity contribution >= 4 is 33.2 Å². The van der Waals surface area contributed by atoms with E-state index in [0.29, 0.717) is 0 Å². The molecule has 1 saturated heterocycles. The average Bonchev–Trinajstić information content (AvgIpc) is 2.83. The van der Waals surface area contributed by atoms with Gasteiger partial charge in [-0.2, -0.15) is 0 Å². The summed E-state index contributed by atoms with van der Waals surface area (Å²) in [7, 11) is 0. The van der Waals surface area contributed by atoms with Crippen LogP contribution in [0.2, 0.25) is 0 Å². The molecule has 1 aliphatic heterocycles. The maximum absolute atomic E-state index is 11.3. The fourth-order valence-corrected chi connectivity index (χ4v) is 4.03. The minimum Gasteiger partial charge on any atom is -0.480 e. The number of likely N-dealkylation sites (tertiary alicyclic amines) is 1. The summed E-state index contributed by atoms with van der Waals surface area (Å²) in [5.41, 5.74) is 0. The van der Waals surface area contributed by atoms with E-state index in [0.717, 1.165) is 17.4 Å². The van der Waals surface area contributed by atoms with Crippen molar-refractivity contribution in [3.63, 3.8) is 0 Å². The normalized spacial score (nSPS) is 27.2.